The van der Waals surface area contributed by atoms with Crippen molar-refractivity contribution in [3.63, 3.8) is 0 Å². The van der Waals surface area contributed by atoms with Gasteiger partial charge in [-0.05, 0) is 36.8 Å². The molecule has 1 unspecified atom stereocenters. The number of anilines is 1. The number of amides is 1. The smallest absolute Gasteiger partial charge is 0.253 e. The number of nitrogens with zero attached hydrogens (tertiary/aromatic N) is 2. The van der Waals surface area contributed by atoms with Crippen LogP contribution in [0.3, 0.4) is 0 Å². The number of piperazine rings is 1. The van der Waals surface area contributed by atoms with Gasteiger partial charge in [-0.2, -0.15) is 0 Å². The van der Waals surface area contributed by atoms with Crippen LogP contribution in [0.5, 0.6) is 0 Å². The normalized spacial score (nSPS) is 15.7. The molecule has 0 aliphatic carbocycles. The van der Waals surface area contributed by atoms with Crippen molar-refractivity contribution in [2.75, 3.05) is 31.1 Å². The van der Waals surface area contributed by atoms with Crippen LogP contribution in [0.2, 0.25) is 10.0 Å². The molecule has 0 spiro atoms. The molecule has 1 atom stereocenters. The monoisotopic (exact) mass is 511 g/mol. The summed E-state index contributed by atoms with van der Waals surface area (Å²) in [7, 11) is 0. The van der Waals surface area contributed by atoms with E-state index in [9.17, 15) is 4.79 Å². The van der Waals surface area contributed by atoms with Crippen LogP contribution in [0.1, 0.15) is 30.1 Å². The number of carbonyl (C=O) groups is 1. The third kappa shape index (κ3) is 4.50. The van der Waals surface area contributed by atoms with Gasteiger partial charge in [0.05, 0.1) is 21.9 Å². The maximum absolute atomic E-state index is 13.5. The Morgan fingerprint density at radius 3 is 2.50 bits per heavy atom. The summed E-state index contributed by atoms with van der Waals surface area (Å²) in [6.45, 7) is 5.52. The van der Waals surface area contributed by atoms with Crippen LogP contribution < -0.4 is 10.2 Å². The summed E-state index contributed by atoms with van der Waals surface area (Å²) >= 11 is 14.4. The third-order valence-corrected chi connectivity index (χ3v) is 8.48. The molecule has 2 heterocycles. The lowest BCUT2D eigenvalue weighted by Gasteiger charge is -2.40. The topological polar surface area (TPSA) is 35.6 Å². The lowest BCUT2D eigenvalue weighted by molar-refractivity contribution is 0.0826. The zero-order valence-electron chi connectivity index (χ0n) is 19.1. The number of nitrogens with one attached hydrogen (secondary N) is 1. The molecule has 176 valence electrons. The van der Waals surface area contributed by atoms with Gasteiger partial charge in [0, 0.05) is 51.9 Å². The van der Waals surface area contributed by atoms with Gasteiger partial charge in [-0.25, -0.2) is 0 Å². The van der Waals surface area contributed by atoms with E-state index in [0.717, 1.165) is 65.7 Å². The molecule has 3 aromatic carbocycles. The molecule has 0 radical (unpaired) electrons. The third-order valence-electron chi connectivity index (χ3n) is 6.53. The Kier molecular flexibility index (Phi) is 6.98. The van der Waals surface area contributed by atoms with E-state index in [1.165, 1.54) is 4.70 Å². The lowest BCUT2D eigenvalue weighted by atomic mass is 10.1. The standard InChI is InChI=1S/C27H27Cl2N3OS/c1-2-7-24(32-16-14-31(15-17-32)21-11-6-10-20(28)26(21)29)30-27(33)19-9-5-13-23-25(19)18-8-3-4-12-22(18)34-23/h3-6,8-13,24H,2,7,14-17H2,1H3,(H,30,33). The molecule has 34 heavy (non-hydrogen) atoms. The predicted octanol–water partition coefficient (Wildman–Crippen LogP) is 7.04. The van der Waals surface area contributed by atoms with Gasteiger partial charge in [0.25, 0.3) is 5.91 Å². The zero-order chi connectivity index (χ0) is 23.7. The SMILES string of the molecule is CCCC(NC(=O)c1cccc2sc3ccccc3c12)N1CCN(c2cccc(Cl)c2Cl)CC1. The van der Waals surface area contributed by atoms with Crippen molar-refractivity contribution in [1.82, 2.24) is 10.2 Å². The Bertz CT molecular complexity index is 1330. The minimum Gasteiger partial charge on any atom is -0.368 e. The van der Waals surface area contributed by atoms with Gasteiger partial charge in [-0.1, -0.05) is 66.9 Å². The molecule has 7 heteroatoms. The fourth-order valence-electron chi connectivity index (χ4n) is 4.82. The molecule has 1 aromatic heterocycles. The number of halogens is 2. The Balaban J connectivity index is 1.34. The molecule has 1 amide bonds. The van der Waals surface area contributed by atoms with Crippen molar-refractivity contribution in [2.45, 2.75) is 25.9 Å². The zero-order valence-corrected chi connectivity index (χ0v) is 21.4. The number of thiophene rings is 1. The van der Waals surface area contributed by atoms with Gasteiger partial charge in [0.15, 0.2) is 0 Å². The van der Waals surface area contributed by atoms with Gasteiger partial charge < -0.3 is 10.2 Å². The summed E-state index contributed by atoms with van der Waals surface area (Å²) in [5.41, 5.74) is 1.72. The minimum atomic E-state index is -0.00656. The first-order valence-corrected chi connectivity index (χ1v) is 13.3. The summed E-state index contributed by atoms with van der Waals surface area (Å²) in [6.07, 6.45) is 1.90. The Hall–Kier alpha value is -2.31. The maximum Gasteiger partial charge on any atom is 0.253 e. The van der Waals surface area contributed by atoms with E-state index < -0.39 is 0 Å². The van der Waals surface area contributed by atoms with Crippen LogP contribution in [0.25, 0.3) is 20.2 Å². The Morgan fingerprint density at radius 2 is 1.71 bits per heavy atom. The van der Waals surface area contributed by atoms with Gasteiger partial charge in [-0.15, -0.1) is 11.3 Å². The van der Waals surface area contributed by atoms with Gasteiger partial charge in [0.2, 0.25) is 0 Å². The molecule has 1 aliphatic heterocycles. The summed E-state index contributed by atoms with van der Waals surface area (Å²) in [5, 5.41) is 6.73. The first-order valence-electron chi connectivity index (χ1n) is 11.7. The number of fused-ring (bicyclic) bond motifs is 3. The average Bonchev–Trinajstić information content (AvgIpc) is 3.24. The van der Waals surface area contributed by atoms with Crippen molar-refractivity contribution >= 4 is 66.3 Å². The molecule has 1 N–H and O–H groups in total. The second kappa shape index (κ2) is 10.1. The van der Waals surface area contributed by atoms with Gasteiger partial charge >= 0.3 is 0 Å². The first kappa shape index (κ1) is 23.4. The quantitative estimate of drug-likeness (QED) is 0.301. The van der Waals surface area contributed by atoms with Crippen LogP contribution in [0.4, 0.5) is 5.69 Å². The molecule has 0 bridgehead atoms. The number of hydrogen-bond donors (Lipinski definition) is 1. The predicted molar refractivity (Wildman–Crippen MR) is 146 cm³/mol. The fourth-order valence-corrected chi connectivity index (χ4v) is 6.37. The number of rotatable bonds is 6. The van der Waals surface area contributed by atoms with Crippen LogP contribution >= 0.6 is 34.5 Å². The van der Waals surface area contributed by atoms with Gasteiger partial charge in [-0.3, -0.25) is 9.69 Å². The number of benzene rings is 3. The maximum atomic E-state index is 13.5. The number of carbonyl (C=O) groups excluding carboxylic acids is 1. The van der Waals surface area contributed by atoms with E-state index in [2.05, 4.69) is 40.2 Å². The highest BCUT2D eigenvalue weighted by molar-refractivity contribution is 7.25. The van der Waals surface area contributed by atoms with Crippen molar-refractivity contribution < 1.29 is 4.79 Å². The summed E-state index contributed by atoms with van der Waals surface area (Å²) in [6, 6.07) is 20.1. The molecule has 1 saturated heterocycles. The van der Waals surface area contributed by atoms with Crippen molar-refractivity contribution in [1.29, 1.82) is 0 Å². The van der Waals surface area contributed by atoms with Crippen LogP contribution in [-0.2, 0) is 0 Å². The first-order chi connectivity index (χ1) is 16.6. The van der Waals surface area contributed by atoms with E-state index in [4.69, 9.17) is 23.2 Å². The van der Waals surface area contributed by atoms with E-state index in [0.29, 0.717) is 10.0 Å². The molecule has 1 fully saturated rings. The highest BCUT2D eigenvalue weighted by atomic mass is 35.5. The second-order valence-electron chi connectivity index (χ2n) is 8.65. The van der Waals surface area contributed by atoms with Crippen LogP contribution in [0, 0.1) is 0 Å². The Morgan fingerprint density at radius 1 is 0.971 bits per heavy atom. The molecule has 0 saturated carbocycles. The summed E-state index contributed by atoms with van der Waals surface area (Å²) in [4.78, 5) is 18.2. The van der Waals surface area contributed by atoms with E-state index in [-0.39, 0.29) is 12.1 Å². The van der Waals surface area contributed by atoms with E-state index in [1.54, 1.807) is 11.3 Å². The van der Waals surface area contributed by atoms with Crippen molar-refractivity contribution in [3.05, 3.63) is 76.3 Å². The van der Waals surface area contributed by atoms with Crippen LogP contribution in [0.15, 0.2) is 60.7 Å². The average molecular weight is 513 g/mol. The van der Waals surface area contributed by atoms with Gasteiger partial charge in [0.1, 0.15) is 0 Å². The molecule has 1 aliphatic rings. The fraction of sp³-hybridized carbons (Fsp3) is 0.296. The molecule has 4 nitrogen and oxygen atoms in total. The molecular formula is C27H27Cl2N3OS. The summed E-state index contributed by atoms with van der Waals surface area (Å²) < 4.78 is 2.35. The lowest BCUT2D eigenvalue weighted by Crippen LogP contribution is -2.56. The van der Waals surface area contributed by atoms with E-state index >= 15 is 0 Å². The Labute approximate surface area is 214 Å². The molecular weight excluding hydrogens is 485 g/mol. The summed E-state index contributed by atoms with van der Waals surface area (Å²) in [5.74, 6) is -0.00656. The van der Waals surface area contributed by atoms with Crippen molar-refractivity contribution in [2.24, 2.45) is 0 Å². The number of hydrogen-bond acceptors (Lipinski definition) is 4. The molecule has 4 aromatic rings. The second-order valence-corrected chi connectivity index (χ2v) is 10.5. The highest BCUT2D eigenvalue weighted by Gasteiger charge is 2.27. The van der Waals surface area contributed by atoms with Crippen molar-refractivity contribution in [3.8, 4) is 0 Å². The largest absolute Gasteiger partial charge is 0.368 e. The minimum absolute atomic E-state index is 0.00496. The molecule has 5 rings (SSSR count). The highest BCUT2D eigenvalue weighted by Crippen LogP contribution is 2.36. The van der Waals surface area contributed by atoms with E-state index in [1.807, 2.05) is 42.5 Å². The van der Waals surface area contributed by atoms with Crippen LogP contribution in [-0.4, -0.2) is 43.2 Å².